The van der Waals surface area contributed by atoms with Gasteiger partial charge in [0.1, 0.15) is 0 Å². The van der Waals surface area contributed by atoms with Gasteiger partial charge < -0.3 is 4.57 Å². The number of aryl methyl sites for hydroxylation is 1. The van der Waals surface area contributed by atoms with Gasteiger partial charge in [-0.1, -0.05) is 11.8 Å². The molecular formula is C17H26N4O2S2. The molecule has 1 aromatic rings. The van der Waals surface area contributed by atoms with E-state index < -0.39 is 9.84 Å². The van der Waals surface area contributed by atoms with Gasteiger partial charge in [0, 0.05) is 28.7 Å². The van der Waals surface area contributed by atoms with E-state index in [4.69, 9.17) is 0 Å². The molecule has 1 aromatic heterocycles. The Morgan fingerprint density at radius 3 is 2.60 bits per heavy atom. The number of hydrazone groups is 1. The molecule has 1 saturated heterocycles. The van der Waals surface area contributed by atoms with Crippen LogP contribution in [0.1, 0.15) is 50.2 Å². The molecule has 8 heteroatoms. The molecule has 0 radical (unpaired) electrons. The van der Waals surface area contributed by atoms with Gasteiger partial charge in [0.05, 0.1) is 22.8 Å². The van der Waals surface area contributed by atoms with E-state index in [-0.39, 0.29) is 23.1 Å². The summed E-state index contributed by atoms with van der Waals surface area (Å²) in [6.07, 6.45) is 0.694. The van der Waals surface area contributed by atoms with E-state index in [9.17, 15) is 8.42 Å². The molecule has 0 saturated carbocycles. The fraction of sp³-hybridized carbons (Fsp3) is 0.647. The third-order valence-corrected chi connectivity index (χ3v) is 7.06. The molecule has 0 aromatic carbocycles. The van der Waals surface area contributed by atoms with Gasteiger partial charge >= 0.3 is 0 Å². The van der Waals surface area contributed by atoms with Crippen LogP contribution in [0.2, 0.25) is 0 Å². The number of rotatable bonds is 2. The largest absolute Gasteiger partial charge is 0.344 e. The van der Waals surface area contributed by atoms with Crippen molar-refractivity contribution < 1.29 is 8.42 Å². The molecule has 1 atom stereocenters. The van der Waals surface area contributed by atoms with E-state index in [1.165, 1.54) is 0 Å². The molecule has 1 fully saturated rings. The Bertz CT molecular complexity index is 845. The maximum atomic E-state index is 11.8. The van der Waals surface area contributed by atoms with E-state index in [1.807, 2.05) is 6.92 Å². The lowest BCUT2D eigenvalue weighted by Crippen LogP contribution is -2.28. The fourth-order valence-electron chi connectivity index (χ4n) is 3.43. The molecule has 0 spiro atoms. The summed E-state index contributed by atoms with van der Waals surface area (Å²) in [4.78, 5) is 4.61. The zero-order valence-electron chi connectivity index (χ0n) is 15.5. The van der Waals surface area contributed by atoms with Crippen molar-refractivity contribution in [3.05, 3.63) is 23.0 Å². The van der Waals surface area contributed by atoms with Crippen LogP contribution in [0.25, 0.3) is 0 Å². The second-order valence-corrected chi connectivity index (χ2v) is 11.0. The second-order valence-electron chi connectivity index (χ2n) is 7.76. The van der Waals surface area contributed by atoms with E-state index >= 15 is 0 Å². The van der Waals surface area contributed by atoms with Crippen molar-refractivity contribution in [2.75, 3.05) is 17.3 Å². The summed E-state index contributed by atoms with van der Waals surface area (Å²) in [6.45, 7) is 10.3. The number of nitrogens with one attached hydrogen (secondary N) is 1. The van der Waals surface area contributed by atoms with E-state index in [2.05, 4.69) is 53.8 Å². The van der Waals surface area contributed by atoms with Crippen LogP contribution in [0.3, 0.4) is 0 Å². The average Bonchev–Trinajstić information content (AvgIpc) is 2.97. The number of nitrogens with zero attached hydrogens (tertiary/aromatic N) is 3. The summed E-state index contributed by atoms with van der Waals surface area (Å²) in [5.41, 5.74) is 7.19. The van der Waals surface area contributed by atoms with Crippen molar-refractivity contribution in [3.8, 4) is 0 Å². The average molecular weight is 383 g/mol. The van der Waals surface area contributed by atoms with Gasteiger partial charge in [-0.3, -0.25) is 10.4 Å². The molecule has 138 valence electrons. The standard InChI is InChI=1S/C17H26N4O2S2/c1-11-8-14(12(2)21(11)13-6-7-25(22,23)10-13)15-9-24-16(20-19-15)18-17(3,4)5/h8,13H,6-7,9-10H2,1-5H3,(H,18,20)/t13-/m1/s1. The number of hydrogen-bond acceptors (Lipinski definition) is 5. The van der Waals surface area contributed by atoms with E-state index in [0.717, 1.165) is 33.6 Å². The Balaban J connectivity index is 1.86. The molecule has 1 N–H and O–H groups in total. The molecule has 0 amide bonds. The van der Waals surface area contributed by atoms with Gasteiger partial charge in [0.25, 0.3) is 0 Å². The summed E-state index contributed by atoms with van der Waals surface area (Å²) in [6, 6.07) is 2.16. The molecule has 2 aliphatic heterocycles. The number of amidine groups is 1. The lowest BCUT2D eigenvalue weighted by Gasteiger charge is -2.20. The van der Waals surface area contributed by atoms with Crippen LogP contribution in [-0.4, -0.2) is 46.7 Å². The molecule has 3 heterocycles. The first-order valence-electron chi connectivity index (χ1n) is 8.50. The fourth-order valence-corrected chi connectivity index (χ4v) is 6.07. The molecule has 6 nitrogen and oxygen atoms in total. The van der Waals surface area contributed by atoms with Crippen molar-refractivity contribution >= 4 is 32.5 Å². The minimum atomic E-state index is -2.90. The van der Waals surface area contributed by atoms with Gasteiger partial charge in [-0.15, -0.1) is 0 Å². The van der Waals surface area contributed by atoms with Crippen molar-refractivity contribution in [1.82, 2.24) is 9.99 Å². The van der Waals surface area contributed by atoms with E-state index in [0.29, 0.717) is 6.42 Å². The van der Waals surface area contributed by atoms with Crippen LogP contribution < -0.4 is 5.43 Å². The maximum Gasteiger partial charge on any atom is 0.178 e. The minimum Gasteiger partial charge on any atom is -0.344 e. The maximum absolute atomic E-state index is 11.8. The van der Waals surface area contributed by atoms with Crippen molar-refractivity contribution in [2.45, 2.75) is 52.6 Å². The normalized spacial score (nSPS) is 25.1. The first-order valence-corrected chi connectivity index (χ1v) is 11.3. The van der Waals surface area contributed by atoms with Gasteiger partial charge in [-0.25, -0.2) is 8.42 Å². The zero-order chi connectivity index (χ0) is 18.4. The highest BCUT2D eigenvalue weighted by molar-refractivity contribution is 8.14. The molecular weight excluding hydrogens is 356 g/mol. The molecule has 3 rings (SSSR count). The number of aliphatic imine (C=N–C) groups is 1. The smallest absolute Gasteiger partial charge is 0.178 e. The topological polar surface area (TPSA) is 75.8 Å². The first kappa shape index (κ1) is 18.5. The van der Waals surface area contributed by atoms with Crippen molar-refractivity contribution in [2.24, 2.45) is 10.1 Å². The molecule has 2 aliphatic rings. The highest BCUT2D eigenvalue weighted by Gasteiger charge is 2.31. The molecule has 0 bridgehead atoms. The summed E-state index contributed by atoms with van der Waals surface area (Å²) < 4.78 is 25.8. The Hall–Kier alpha value is -1.28. The Labute approximate surface area is 154 Å². The van der Waals surface area contributed by atoms with Gasteiger partial charge in [-0.05, 0) is 47.1 Å². The molecule has 25 heavy (non-hydrogen) atoms. The lowest BCUT2D eigenvalue weighted by atomic mass is 10.1. The van der Waals surface area contributed by atoms with Crippen LogP contribution >= 0.6 is 11.8 Å². The highest BCUT2D eigenvalue weighted by atomic mass is 32.2. The number of sulfone groups is 1. The number of thioether (sulfide) groups is 1. The SMILES string of the molecule is Cc1cc(C2=NNC(=NC(C)(C)C)SC2)c(C)n1[C@@H]1CCS(=O)(=O)C1. The van der Waals surface area contributed by atoms with Gasteiger partial charge in [0.15, 0.2) is 15.0 Å². The highest BCUT2D eigenvalue weighted by Crippen LogP contribution is 2.30. The predicted molar refractivity (Wildman–Crippen MR) is 106 cm³/mol. The minimum absolute atomic E-state index is 0.0431. The van der Waals surface area contributed by atoms with Crippen molar-refractivity contribution in [1.29, 1.82) is 0 Å². The third kappa shape index (κ3) is 4.11. The summed E-state index contributed by atoms with van der Waals surface area (Å²) in [7, 11) is -2.90. The number of hydrogen-bond donors (Lipinski definition) is 1. The van der Waals surface area contributed by atoms with E-state index in [1.54, 1.807) is 11.8 Å². The van der Waals surface area contributed by atoms with Crippen LogP contribution in [-0.2, 0) is 9.84 Å². The number of aromatic nitrogens is 1. The monoisotopic (exact) mass is 382 g/mol. The summed E-state index contributed by atoms with van der Waals surface area (Å²) in [5, 5.41) is 5.36. The van der Waals surface area contributed by atoms with Gasteiger partial charge in [0.2, 0.25) is 0 Å². The van der Waals surface area contributed by atoms with Crippen LogP contribution in [0.4, 0.5) is 0 Å². The Morgan fingerprint density at radius 2 is 2.08 bits per heavy atom. The van der Waals surface area contributed by atoms with Gasteiger partial charge in [-0.2, -0.15) is 5.10 Å². The molecule has 0 aliphatic carbocycles. The summed E-state index contributed by atoms with van der Waals surface area (Å²) in [5.74, 6) is 1.29. The van der Waals surface area contributed by atoms with Crippen LogP contribution in [0.15, 0.2) is 16.2 Å². The Morgan fingerprint density at radius 1 is 1.36 bits per heavy atom. The molecule has 0 unspecified atom stereocenters. The van der Waals surface area contributed by atoms with Crippen molar-refractivity contribution in [3.63, 3.8) is 0 Å². The Kier molecular flexibility index (Phi) is 4.79. The van der Waals surface area contributed by atoms with Crippen LogP contribution in [0, 0.1) is 13.8 Å². The third-order valence-electron chi connectivity index (χ3n) is 4.44. The quantitative estimate of drug-likeness (QED) is 0.853. The lowest BCUT2D eigenvalue weighted by molar-refractivity contribution is 0.535. The van der Waals surface area contributed by atoms with Crippen LogP contribution in [0.5, 0.6) is 0 Å². The first-order chi connectivity index (χ1) is 11.6. The summed E-state index contributed by atoms with van der Waals surface area (Å²) >= 11 is 1.65. The second kappa shape index (κ2) is 6.46. The zero-order valence-corrected chi connectivity index (χ0v) is 17.1. The predicted octanol–water partition coefficient (Wildman–Crippen LogP) is 2.66.